The standard InChI is InChI=1S/C17H14N2O3/c1-11-17(20)19(14-5-3-2-4-13(14)18-11)9-12-6-7-15-16(8-12)22-10-21-15/h2-8H,9-10H2,1H3. The number of fused-ring (bicyclic) bond motifs is 2. The number of hydrogen-bond acceptors (Lipinski definition) is 4. The molecule has 2 aromatic carbocycles. The molecule has 0 unspecified atom stereocenters. The van der Waals surface area contributed by atoms with Gasteiger partial charge in [-0.25, -0.2) is 4.98 Å². The molecule has 2 heterocycles. The van der Waals surface area contributed by atoms with Gasteiger partial charge < -0.3 is 14.0 Å². The quantitative estimate of drug-likeness (QED) is 0.728. The van der Waals surface area contributed by atoms with Gasteiger partial charge >= 0.3 is 0 Å². The van der Waals surface area contributed by atoms with Crippen LogP contribution >= 0.6 is 0 Å². The maximum absolute atomic E-state index is 12.5. The molecular weight excluding hydrogens is 280 g/mol. The second kappa shape index (κ2) is 4.87. The normalized spacial score (nSPS) is 12.8. The lowest BCUT2D eigenvalue weighted by Gasteiger charge is -2.11. The largest absolute Gasteiger partial charge is 0.454 e. The van der Waals surface area contributed by atoms with E-state index in [2.05, 4.69) is 4.98 Å². The van der Waals surface area contributed by atoms with Gasteiger partial charge in [0.15, 0.2) is 11.5 Å². The summed E-state index contributed by atoms with van der Waals surface area (Å²) in [6.45, 7) is 2.46. The van der Waals surface area contributed by atoms with Crippen LogP contribution in [0.2, 0.25) is 0 Å². The second-order valence-corrected chi connectivity index (χ2v) is 5.26. The zero-order chi connectivity index (χ0) is 15.1. The van der Waals surface area contributed by atoms with E-state index in [1.165, 1.54) is 0 Å². The second-order valence-electron chi connectivity index (χ2n) is 5.26. The highest BCUT2D eigenvalue weighted by molar-refractivity contribution is 5.74. The predicted molar refractivity (Wildman–Crippen MR) is 82.4 cm³/mol. The van der Waals surface area contributed by atoms with E-state index < -0.39 is 0 Å². The summed E-state index contributed by atoms with van der Waals surface area (Å²) in [6.07, 6.45) is 0. The van der Waals surface area contributed by atoms with Crippen molar-refractivity contribution in [3.05, 3.63) is 64.1 Å². The van der Waals surface area contributed by atoms with Crippen molar-refractivity contribution >= 4 is 11.0 Å². The van der Waals surface area contributed by atoms with E-state index in [4.69, 9.17) is 9.47 Å². The molecule has 110 valence electrons. The molecule has 5 heteroatoms. The van der Waals surface area contributed by atoms with Crippen molar-refractivity contribution in [1.29, 1.82) is 0 Å². The van der Waals surface area contributed by atoms with E-state index >= 15 is 0 Å². The molecule has 0 bridgehead atoms. The van der Waals surface area contributed by atoms with E-state index in [-0.39, 0.29) is 12.4 Å². The molecule has 0 N–H and O–H groups in total. The first-order valence-electron chi connectivity index (χ1n) is 7.07. The fraction of sp³-hybridized carbons (Fsp3) is 0.176. The van der Waals surface area contributed by atoms with Crippen LogP contribution in [0, 0.1) is 6.92 Å². The molecule has 1 aliphatic rings. The highest BCUT2D eigenvalue weighted by Gasteiger charge is 2.14. The van der Waals surface area contributed by atoms with Crippen LogP contribution in [0.4, 0.5) is 0 Å². The van der Waals surface area contributed by atoms with E-state index in [1.807, 2.05) is 42.5 Å². The van der Waals surface area contributed by atoms with Gasteiger partial charge in [-0.1, -0.05) is 18.2 Å². The summed E-state index contributed by atoms with van der Waals surface area (Å²) in [5.41, 5.74) is 3.06. The third-order valence-corrected chi connectivity index (χ3v) is 3.79. The van der Waals surface area contributed by atoms with Gasteiger partial charge in [-0.3, -0.25) is 4.79 Å². The van der Waals surface area contributed by atoms with Gasteiger partial charge in [-0.2, -0.15) is 0 Å². The minimum absolute atomic E-state index is 0.0728. The summed E-state index contributed by atoms with van der Waals surface area (Å²) in [5, 5.41) is 0. The van der Waals surface area contributed by atoms with Gasteiger partial charge in [-0.15, -0.1) is 0 Å². The molecule has 5 nitrogen and oxygen atoms in total. The first kappa shape index (κ1) is 12.9. The van der Waals surface area contributed by atoms with Crippen molar-refractivity contribution in [2.45, 2.75) is 13.5 Å². The Bertz CT molecular complexity index is 931. The number of nitrogens with zero attached hydrogens (tertiary/aromatic N) is 2. The lowest BCUT2D eigenvalue weighted by Crippen LogP contribution is -2.24. The van der Waals surface area contributed by atoms with Gasteiger partial charge in [0.2, 0.25) is 6.79 Å². The molecule has 0 amide bonds. The zero-order valence-corrected chi connectivity index (χ0v) is 12.1. The van der Waals surface area contributed by atoms with Crippen LogP contribution in [0.25, 0.3) is 11.0 Å². The molecule has 3 aromatic rings. The summed E-state index contributed by atoms with van der Waals surface area (Å²) < 4.78 is 12.5. The van der Waals surface area contributed by atoms with Gasteiger partial charge in [0.25, 0.3) is 5.56 Å². The van der Waals surface area contributed by atoms with Crippen LogP contribution in [-0.2, 0) is 6.54 Å². The first-order chi connectivity index (χ1) is 10.7. The first-order valence-corrected chi connectivity index (χ1v) is 7.07. The Hall–Kier alpha value is -2.82. The fourth-order valence-electron chi connectivity index (χ4n) is 2.70. The van der Waals surface area contributed by atoms with E-state index in [1.54, 1.807) is 11.5 Å². The monoisotopic (exact) mass is 294 g/mol. The Labute approximate surface area is 126 Å². The third-order valence-electron chi connectivity index (χ3n) is 3.79. The van der Waals surface area contributed by atoms with E-state index in [0.717, 1.165) is 28.1 Å². The lowest BCUT2D eigenvalue weighted by molar-refractivity contribution is 0.174. The molecule has 0 radical (unpaired) electrons. The number of benzene rings is 2. The van der Waals surface area contributed by atoms with Crippen LogP contribution < -0.4 is 15.0 Å². The molecule has 22 heavy (non-hydrogen) atoms. The van der Waals surface area contributed by atoms with Crippen molar-refractivity contribution in [1.82, 2.24) is 9.55 Å². The molecular formula is C17H14N2O3. The van der Waals surface area contributed by atoms with Gasteiger partial charge in [0.05, 0.1) is 17.6 Å². The molecule has 0 spiro atoms. The van der Waals surface area contributed by atoms with Crippen molar-refractivity contribution in [3.8, 4) is 11.5 Å². The van der Waals surface area contributed by atoms with Crippen LogP contribution in [0.5, 0.6) is 11.5 Å². The lowest BCUT2D eigenvalue weighted by atomic mass is 10.2. The van der Waals surface area contributed by atoms with Gasteiger partial charge in [0.1, 0.15) is 5.69 Å². The topological polar surface area (TPSA) is 53.4 Å². The third kappa shape index (κ3) is 2.02. The minimum Gasteiger partial charge on any atom is -0.454 e. The predicted octanol–water partition coefficient (Wildman–Crippen LogP) is 2.48. The summed E-state index contributed by atoms with van der Waals surface area (Å²) in [6, 6.07) is 13.4. The molecule has 1 aromatic heterocycles. The van der Waals surface area contributed by atoms with Crippen molar-refractivity contribution in [2.75, 3.05) is 6.79 Å². The number of aryl methyl sites for hydroxylation is 1. The highest BCUT2D eigenvalue weighted by atomic mass is 16.7. The smallest absolute Gasteiger partial charge is 0.272 e. The van der Waals surface area contributed by atoms with Crippen LogP contribution in [-0.4, -0.2) is 16.3 Å². The zero-order valence-electron chi connectivity index (χ0n) is 12.1. The van der Waals surface area contributed by atoms with Crippen LogP contribution in [0.3, 0.4) is 0 Å². The Morgan fingerprint density at radius 1 is 1.14 bits per heavy atom. The molecule has 0 saturated carbocycles. The summed E-state index contributed by atoms with van der Waals surface area (Å²) >= 11 is 0. The molecule has 0 aliphatic carbocycles. The molecule has 1 aliphatic heterocycles. The number of rotatable bonds is 2. The van der Waals surface area contributed by atoms with Crippen molar-refractivity contribution in [2.24, 2.45) is 0 Å². The van der Waals surface area contributed by atoms with Crippen molar-refractivity contribution in [3.63, 3.8) is 0 Å². The Kier molecular flexibility index (Phi) is 2.85. The summed E-state index contributed by atoms with van der Waals surface area (Å²) in [5.74, 6) is 1.47. The average Bonchev–Trinajstić information content (AvgIpc) is 2.99. The maximum Gasteiger partial charge on any atom is 0.272 e. The molecule has 0 saturated heterocycles. The molecule has 4 rings (SSSR count). The van der Waals surface area contributed by atoms with E-state index in [9.17, 15) is 4.79 Å². The number of ether oxygens (including phenoxy) is 2. The molecule has 0 atom stereocenters. The van der Waals surface area contributed by atoms with Crippen molar-refractivity contribution < 1.29 is 9.47 Å². The summed E-state index contributed by atoms with van der Waals surface area (Å²) in [7, 11) is 0. The van der Waals surface area contributed by atoms with Crippen LogP contribution in [0.1, 0.15) is 11.3 Å². The Morgan fingerprint density at radius 3 is 2.86 bits per heavy atom. The fourth-order valence-corrected chi connectivity index (χ4v) is 2.70. The Morgan fingerprint density at radius 2 is 1.95 bits per heavy atom. The average molecular weight is 294 g/mol. The van der Waals surface area contributed by atoms with Crippen LogP contribution in [0.15, 0.2) is 47.3 Å². The highest BCUT2D eigenvalue weighted by Crippen LogP contribution is 2.32. The number of hydrogen-bond donors (Lipinski definition) is 0. The SMILES string of the molecule is Cc1nc2ccccc2n(Cc2ccc3c(c2)OCO3)c1=O. The van der Waals surface area contributed by atoms with E-state index in [0.29, 0.717) is 12.2 Å². The maximum atomic E-state index is 12.5. The molecule has 0 fully saturated rings. The van der Waals surface area contributed by atoms with Gasteiger partial charge in [-0.05, 0) is 36.8 Å². The number of aromatic nitrogens is 2. The van der Waals surface area contributed by atoms with Gasteiger partial charge in [0, 0.05) is 0 Å². The summed E-state index contributed by atoms with van der Waals surface area (Å²) in [4.78, 5) is 16.8. The Balaban J connectivity index is 1.84. The number of para-hydroxylation sites is 2. The minimum atomic E-state index is -0.0728.